The Morgan fingerprint density at radius 3 is 2.30 bits per heavy atom. The van der Waals surface area contributed by atoms with Crippen LogP contribution in [0.2, 0.25) is 0 Å². The van der Waals surface area contributed by atoms with E-state index in [1.807, 2.05) is 18.2 Å². The van der Waals surface area contributed by atoms with Gasteiger partial charge in [0.15, 0.2) is 0 Å². The summed E-state index contributed by atoms with van der Waals surface area (Å²) in [6.07, 6.45) is 0. The number of aromatic amines is 1. The predicted octanol–water partition coefficient (Wildman–Crippen LogP) is 5.13. The van der Waals surface area contributed by atoms with E-state index >= 15 is 0 Å². The van der Waals surface area contributed by atoms with E-state index in [2.05, 4.69) is 35.3 Å². The molecule has 0 amide bonds. The summed E-state index contributed by atoms with van der Waals surface area (Å²) in [7, 11) is 0. The van der Waals surface area contributed by atoms with Gasteiger partial charge in [0.25, 0.3) is 0 Å². The molecular weight excluding hydrogens is 249 g/mol. The summed E-state index contributed by atoms with van der Waals surface area (Å²) >= 11 is 0. The number of benzene rings is 3. The fourth-order valence-electron chi connectivity index (χ4n) is 2.63. The highest BCUT2D eigenvalue weighted by atomic mass is 19.1. The van der Waals surface area contributed by atoms with Gasteiger partial charge in [0.2, 0.25) is 0 Å². The fourth-order valence-corrected chi connectivity index (χ4v) is 2.63. The van der Waals surface area contributed by atoms with Crippen LogP contribution in [-0.4, -0.2) is 4.98 Å². The first-order valence-electron chi connectivity index (χ1n) is 6.57. The molecule has 0 aliphatic rings. The highest BCUT2D eigenvalue weighted by Gasteiger charge is 2.05. The minimum Gasteiger partial charge on any atom is -0.355 e. The van der Waals surface area contributed by atoms with E-state index in [1.54, 1.807) is 12.1 Å². The Balaban J connectivity index is 1.96. The van der Waals surface area contributed by atoms with Crippen molar-refractivity contribution in [2.24, 2.45) is 0 Å². The first-order valence-corrected chi connectivity index (χ1v) is 6.57. The molecule has 0 saturated carbocycles. The van der Waals surface area contributed by atoms with E-state index in [-0.39, 0.29) is 5.82 Å². The summed E-state index contributed by atoms with van der Waals surface area (Å²) in [4.78, 5) is 3.36. The number of halogens is 1. The Hall–Kier alpha value is -2.61. The lowest BCUT2D eigenvalue weighted by Gasteiger charge is -1.97. The SMILES string of the molecule is Fc1cccc(-c2cc3cc4ccccc4cc3[nH]2)c1. The first kappa shape index (κ1) is 11.2. The third-order valence-corrected chi connectivity index (χ3v) is 3.62. The second-order valence-electron chi connectivity index (χ2n) is 4.98. The van der Waals surface area contributed by atoms with Crippen LogP contribution in [-0.2, 0) is 0 Å². The van der Waals surface area contributed by atoms with Gasteiger partial charge in [-0.25, -0.2) is 4.39 Å². The molecule has 0 saturated heterocycles. The van der Waals surface area contributed by atoms with Gasteiger partial charge in [-0.2, -0.15) is 0 Å². The molecule has 4 rings (SSSR count). The molecule has 4 aromatic rings. The summed E-state index contributed by atoms with van der Waals surface area (Å²) in [6, 6.07) is 21.3. The topological polar surface area (TPSA) is 15.8 Å². The molecule has 0 bridgehead atoms. The van der Waals surface area contributed by atoms with E-state index in [0.29, 0.717) is 0 Å². The normalized spacial score (nSPS) is 11.2. The fraction of sp³-hybridized carbons (Fsp3) is 0. The smallest absolute Gasteiger partial charge is 0.123 e. The van der Waals surface area contributed by atoms with Crippen LogP contribution >= 0.6 is 0 Å². The summed E-state index contributed by atoms with van der Waals surface area (Å²) in [5.74, 6) is -0.216. The molecule has 0 aliphatic heterocycles. The minimum absolute atomic E-state index is 0.216. The van der Waals surface area contributed by atoms with Crippen LogP contribution in [0.15, 0.2) is 66.7 Å². The highest BCUT2D eigenvalue weighted by molar-refractivity contribution is 5.98. The van der Waals surface area contributed by atoms with Gasteiger partial charge < -0.3 is 4.98 Å². The number of rotatable bonds is 1. The summed E-state index contributed by atoms with van der Waals surface area (Å²) in [6.45, 7) is 0. The van der Waals surface area contributed by atoms with Gasteiger partial charge >= 0.3 is 0 Å². The summed E-state index contributed by atoms with van der Waals surface area (Å²) < 4.78 is 13.3. The van der Waals surface area contributed by atoms with E-state index in [4.69, 9.17) is 0 Å². The lowest BCUT2D eigenvalue weighted by atomic mass is 10.1. The molecule has 20 heavy (non-hydrogen) atoms. The standard InChI is InChI=1S/C18H12FN/c19-16-7-3-6-14(9-16)17-11-15-8-12-4-1-2-5-13(12)10-18(15)20-17/h1-11,20H. The van der Waals surface area contributed by atoms with E-state index in [9.17, 15) is 4.39 Å². The van der Waals surface area contributed by atoms with Crippen molar-refractivity contribution in [1.82, 2.24) is 4.98 Å². The van der Waals surface area contributed by atoms with Gasteiger partial charge in [0, 0.05) is 22.2 Å². The third kappa shape index (κ3) is 1.77. The molecule has 1 nitrogen and oxygen atoms in total. The van der Waals surface area contributed by atoms with Gasteiger partial charge in [-0.1, -0.05) is 36.4 Å². The largest absolute Gasteiger partial charge is 0.355 e. The van der Waals surface area contributed by atoms with Crippen molar-refractivity contribution in [2.75, 3.05) is 0 Å². The van der Waals surface area contributed by atoms with Crippen LogP contribution in [0.3, 0.4) is 0 Å². The maximum atomic E-state index is 13.3. The zero-order valence-electron chi connectivity index (χ0n) is 10.7. The second kappa shape index (κ2) is 4.20. The van der Waals surface area contributed by atoms with Gasteiger partial charge in [0.05, 0.1) is 0 Å². The highest BCUT2D eigenvalue weighted by Crippen LogP contribution is 2.28. The molecule has 0 aliphatic carbocycles. The predicted molar refractivity (Wildman–Crippen MR) is 81.2 cm³/mol. The molecule has 0 fully saturated rings. The number of hydrogen-bond acceptors (Lipinski definition) is 0. The lowest BCUT2D eigenvalue weighted by molar-refractivity contribution is 0.628. The molecule has 1 N–H and O–H groups in total. The zero-order chi connectivity index (χ0) is 13.5. The van der Waals surface area contributed by atoms with Crippen molar-refractivity contribution >= 4 is 21.7 Å². The van der Waals surface area contributed by atoms with Crippen molar-refractivity contribution < 1.29 is 4.39 Å². The van der Waals surface area contributed by atoms with E-state index in [1.165, 1.54) is 16.8 Å². The second-order valence-corrected chi connectivity index (χ2v) is 4.98. The Morgan fingerprint density at radius 2 is 1.50 bits per heavy atom. The number of H-pyrrole nitrogens is 1. The molecule has 2 heteroatoms. The van der Waals surface area contributed by atoms with E-state index < -0.39 is 0 Å². The van der Waals surface area contributed by atoms with E-state index in [0.717, 1.165) is 22.2 Å². The maximum Gasteiger partial charge on any atom is 0.123 e. The zero-order valence-corrected chi connectivity index (χ0v) is 10.7. The van der Waals surface area contributed by atoms with Gasteiger partial charge in [0.1, 0.15) is 5.82 Å². The molecule has 3 aromatic carbocycles. The van der Waals surface area contributed by atoms with Crippen molar-refractivity contribution in [3.05, 3.63) is 72.5 Å². The van der Waals surface area contributed by atoms with Crippen LogP contribution in [0, 0.1) is 5.82 Å². The van der Waals surface area contributed by atoms with Gasteiger partial charge in [-0.05, 0) is 41.1 Å². The van der Waals surface area contributed by atoms with Crippen LogP contribution in [0.5, 0.6) is 0 Å². The van der Waals surface area contributed by atoms with Crippen molar-refractivity contribution in [2.45, 2.75) is 0 Å². The van der Waals surface area contributed by atoms with Crippen LogP contribution in [0.1, 0.15) is 0 Å². The average Bonchev–Trinajstić information content (AvgIpc) is 2.87. The van der Waals surface area contributed by atoms with Crippen LogP contribution in [0.4, 0.5) is 4.39 Å². The molecule has 0 unspecified atom stereocenters. The Labute approximate surface area is 115 Å². The molecular formula is C18H12FN. The summed E-state index contributed by atoms with van der Waals surface area (Å²) in [5, 5.41) is 3.56. The Kier molecular flexibility index (Phi) is 2.36. The third-order valence-electron chi connectivity index (χ3n) is 3.62. The Morgan fingerprint density at radius 1 is 0.700 bits per heavy atom. The monoisotopic (exact) mass is 261 g/mol. The van der Waals surface area contributed by atoms with Gasteiger partial charge in [-0.15, -0.1) is 0 Å². The number of nitrogens with one attached hydrogen (secondary N) is 1. The van der Waals surface area contributed by atoms with Crippen molar-refractivity contribution in [3.63, 3.8) is 0 Å². The average molecular weight is 261 g/mol. The molecule has 1 aromatic heterocycles. The molecule has 0 radical (unpaired) electrons. The minimum atomic E-state index is -0.216. The van der Waals surface area contributed by atoms with Crippen LogP contribution < -0.4 is 0 Å². The number of fused-ring (bicyclic) bond motifs is 2. The molecule has 0 spiro atoms. The number of aromatic nitrogens is 1. The number of hydrogen-bond donors (Lipinski definition) is 1. The first-order chi connectivity index (χ1) is 9.79. The lowest BCUT2D eigenvalue weighted by Crippen LogP contribution is -1.78. The van der Waals surface area contributed by atoms with Crippen molar-refractivity contribution in [3.8, 4) is 11.3 Å². The van der Waals surface area contributed by atoms with Crippen LogP contribution in [0.25, 0.3) is 32.9 Å². The molecule has 1 heterocycles. The van der Waals surface area contributed by atoms with Crippen molar-refractivity contribution in [1.29, 1.82) is 0 Å². The molecule has 0 atom stereocenters. The maximum absolute atomic E-state index is 13.3. The Bertz CT molecular complexity index is 868. The summed E-state index contributed by atoms with van der Waals surface area (Å²) in [5.41, 5.74) is 2.88. The molecule has 96 valence electrons. The quantitative estimate of drug-likeness (QED) is 0.489. The van der Waals surface area contributed by atoms with Gasteiger partial charge in [-0.3, -0.25) is 0 Å².